The topological polar surface area (TPSA) is 3.24 Å². The Kier molecular flexibility index (Phi) is 4.20. The second kappa shape index (κ2) is 5.51. The van der Waals surface area contributed by atoms with Crippen LogP contribution in [0.25, 0.3) is 0 Å². The molecule has 18 heavy (non-hydrogen) atoms. The molecule has 1 aromatic rings. The Morgan fingerprint density at radius 2 is 1.89 bits per heavy atom. The monoisotopic (exact) mass is 321 g/mol. The lowest BCUT2D eigenvalue weighted by Gasteiger charge is -2.33. The van der Waals surface area contributed by atoms with E-state index in [2.05, 4.69) is 20.8 Å². The molecule has 0 aliphatic carbocycles. The van der Waals surface area contributed by atoms with Gasteiger partial charge in [-0.05, 0) is 43.0 Å². The van der Waals surface area contributed by atoms with Gasteiger partial charge in [0.2, 0.25) is 0 Å². The number of hydrogen-bond acceptors (Lipinski definition) is 1. The SMILES string of the molecule is FC(F)(F)c1ccc(N2CCCC(CBr)C2)cc1. The van der Waals surface area contributed by atoms with Crippen LogP contribution < -0.4 is 4.90 Å². The van der Waals surface area contributed by atoms with E-state index in [-0.39, 0.29) is 0 Å². The Labute approximate surface area is 113 Å². The minimum Gasteiger partial charge on any atom is -0.371 e. The van der Waals surface area contributed by atoms with Crippen molar-refractivity contribution in [2.45, 2.75) is 19.0 Å². The summed E-state index contributed by atoms with van der Waals surface area (Å²) >= 11 is 3.47. The number of halogens is 4. The first-order valence-electron chi connectivity index (χ1n) is 5.99. The quantitative estimate of drug-likeness (QED) is 0.733. The van der Waals surface area contributed by atoms with E-state index in [0.717, 1.165) is 42.7 Å². The van der Waals surface area contributed by atoms with Crippen LogP contribution in [0, 0.1) is 5.92 Å². The van der Waals surface area contributed by atoms with Gasteiger partial charge in [-0.2, -0.15) is 13.2 Å². The molecule has 1 unspecified atom stereocenters. The van der Waals surface area contributed by atoms with Gasteiger partial charge in [0.05, 0.1) is 5.56 Å². The molecule has 0 bridgehead atoms. The summed E-state index contributed by atoms with van der Waals surface area (Å²) < 4.78 is 37.4. The number of rotatable bonds is 2. The van der Waals surface area contributed by atoms with Crippen molar-refractivity contribution in [2.24, 2.45) is 5.92 Å². The fraction of sp³-hybridized carbons (Fsp3) is 0.538. The van der Waals surface area contributed by atoms with Crippen molar-refractivity contribution in [3.63, 3.8) is 0 Å². The van der Waals surface area contributed by atoms with Crippen molar-refractivity contribution in [3.8, 4) is 0 Å². The number of anilines is 1. The van der Waals surface area contributed by atoms with E-state index in [1.54, 1.807) is 12.1 Å². The Hall–Kier alpha value is -0.710. The minimum atomic E-state index is -4.25. The first-order chi connectivity index (χ1) is 8.50. The lowest BCUT2D eigenvalue weighted by molar-refractivity contribution is -0.137. The molecule has 0 N–H and O–H groups in total. The maximum absolute atomic E-state index is 12.5. The molecule has 1 atom stereocenters. The van der Waals surface area contributed by atoms with Gasteiger partial charge in [-0.3, -0.25) is 0 Å². The fourth-order valence-electron chi connectivity index (χ4n) is 2.29. The van der Waals surface area contributed by atoms with Gasteiger partial charge in [0, 0.05) is 24.1 Å². The lowest BCUT2D eigenvalue weighted by Crippen LogP contribution is -2.35. The summed E-state index contributed by atoms with van der Waals surface area (Å²) in [5.41, 5.74) is 0.300. The van der Waals surface area contributed by atoms with E-state index in [4.69, 9.17) is 0 Å². The van der Waals surface area contributed by atoms with Crippen molar-refractivity contribution in [2.75, 3.05) is 23.3 Å². The van der Waals surface area contributed by atoms with Gasteiger partial charge >= 0.3 is 6.18 Å². The summed E-state index contributed by atoms with van der Waals surface area (Å²) in [4.78, 5) is 2.16. The molecule has 0 spiro atoms. The molecule has 1 aliphatic rings. The van der Waals surface area contributed by atoms with Gasteiger partial charge in [-0.1, -0.05) is 15.9 Å². The number of benzene rings is 1. The van der Waals surface area contributed by atoms with Gasteiger partial charge in [-0.25, -0.2) is 0 Å². The van der Waals surface area contributed by atoms with E-state index in [0.29, 0.717) is 5.92 Å². The van der Waals surface area contributed by atoms with Crippen LogP contribution in [-0.4, -0.2) is 18.4 Å². The van der Waals surface area contributed by atoms with Gasteiger partial charge < -0.3 is 4.90 Å². The molecule has 1 nitrogen and oxygen atoms in total. The standard InChI is InChI=1S/C13H15BrF3N/c14-8-10-2-1-7-18(9-10)12-5-3-11(4-6-12)13(15,16)17/h3-6,10H,1-2,7-9H2. The fourth-order valence-corrected chi connectivity index (χ4v) is 2.82. The minimum absolute atomic E-state index is 0.583. The highest BCUT2D eigenvalue weighted by Crippen LogP contribution is 2.31. The highest BCUT2D eigenvalue weighted by atomic mass is 79.9. The number of piperidine rings is 1. The van der Waals surface area contributed by atoms with Crippen molar-refractivity contribution < 1.29 is 13.2 Å². The molecule has 100 valence electrons. The Balaban J connectivity index is 2.09. The molecule has 2 rings (SSSR count). The third kappa shape index (κ3) is 3.19. The normalized spacial score (nSPS) is 21.1. The van der Waals surface area contributed by atoms with E-state index >= 15 is 0 Å². The summed E-state index contributed by atoms with van der Waals surface area (Å²) in [6.45, 7) is 1.84. The van der Waals surface area contributed by atoms with Gasteiger partial charge in [0.1, 0.15) is 0 Å². The molecule has 0 aromatic heterocycles. The molecule has 0 amide bonds. The predicted octanol–water partition coefficient (Wildman–Crippen LogP) is 4.32. The second-order valence-electron chi connectivity index (χ2n) is 4.65. The zero-order valence-electron chi connectivity index (χ0n) is 9.88. The summed E-state index contributed by atoms with van der Waals surface area (Å²) in [6.07, 6.45) is -1.97. The molecule has 0 radical (unpaired) electrons. The van der Waals surface area contributed by atoms with Crippen LogP contribution in [0.4, 0.5) is 18.9 Å². The molecular weight excluding hydrogens is 307 g/mol. The molecular formula is C13H15BrF3N. The zero-order chi connectivity index (χ0) is 13.2. The van der Waals surface area contributed by atoms with E-state index in [1.807, 2.05) is 0 Å². The Morgan fingerprint density at radius 1 is 1.22 bits per heavy atom. The smallest absolute Gasteiger partial charge is 0.371 e. The van der Waals surface area contributed by atoms with Crippen molar-refractivity contribution in [1.82, 2.24) is 0 Å². The largest absolute Gasteiger partial charge is 0.416 e. The average molecular weight is 322 g/mol. The summed E-state index contributed by atoms with van der Waals surface area (Å²) in [7, 11) is 0. The van der Waals surface area contributed by atoms with Crippen LogP contribution >= 0.6 is 15.9 Å². The summed E-state index contributed by atoms with van der Waals surface area (Å²) in [5, 5.41) is 0.949. The summed E-state index contributed by atoms with van der Waals surface area (Å²) in [5.74, 6) is 0.584. The first-order valence-corrected chi connectivity index (χ1v) is 7.11. The third-order valence-electron chi connectivity index (χ3n) is 3.30. The first kappa shape index (κ1) is 13.7. The molecule has 1 fully saturated rings. The highest BCUT2D eigenvalue weighted by Gasteiger charge is 2.30. The summed E-state index contributed by atoms with van der Waals surface area (Å²) in [6, 6.07) is 5.46. The highest BCUT2D eigenvalue weighted by molar-refractivity contribution is 9.09. The van der Waals surface area contributed by atoms with Crippen LogP contribution in [0.15, 0.2) is 24.3 Å². The second-order valence-corrected chi connectivity index (χ2v) is 5.30. The Bertz CT molecular complexity index is 388. The van der Waals surface area contributed by atoms with Crippen molar-refractivity contribution in [3.05, 3.63) is 29.8 Å². The predicted molar refractivity (Wildman–Crippen MR) is 70.2 cm³/mol. The maximum atomic E-state index is 12.5. The molecule has 1 aromatic carbocycles. The molecule has 5 heteroatoms. The van der Waals surface area contributed by atoms with E-state index in [9.17, 15) is 13.2 Å². The van der Waals surface area contributed by atoms with Gasteiger partial charge in [0.15, 0.2) is 0 Å². The van der Waals surface area contributed by atoms with E-state index in [1.165, 1.54) is 6.42 Å². The van der Waals surface area contributed by atoms with Crippen LogP contribution in [0.1, 0.15) is 18.4 Å². The molecule has 1 aliphatic heterocycles. The van der Waals surface area contributed by atoms with Crippen molar-refractivity contribution >= 4 is 21.6 Å². The molecule has 0 saturated carbocycles. The zero-order valence-corrected chi connectivity index (χ0v) is 11.5. The number of alkyl halides is 4. The molecule has 1 saturated heterocycles. The molecule has 1 heterocycles. The lowest BCUT2D eigenvalue weighted by atomic mass is 9.99. The Morgan fingerprint density at radius 3 is 2.44 bits per heavy atom. The number of hydrogen-bond donors (Lipinski definition) is 0. The van der Waals surface area contributed by atoms with Crippen LogP contribution in [-0.2, 0) is 6.18 Å². The van der Waals surface area contributed by atoms with Gasteiger partial charge in [-0.15, -0.1) is 0 Å². The van der Waals surface area contributed by atoms with Crippen molar-refractivity contribution in [1.29, 1.82) is 0 Å². The van der Waals surface area contributed by atoms with E-state index < -0.39 is 11.7 Å². The van der Waals surface area contributed by atoms with Crippen LogP contribution in [0.3, 0.4) is 0 Å². The van der Waals surface area contributed by atoms with Crippen LogP contribution in [0.2, 0.25) is 0 Å². The van der Waals surface area contributed by atoms with Crippen LogP contribution in [0.5, 0.6) is 0 Å². The van der Waals surface area contributed by atoms with Gasteiger partial charge in [0.25, 0.3) is 0 Å². The number of nitrogens with zero attached hydrogens (tertiary/aromatic N) is 1. The third-order valence-corrected chi connectivity index (χ3v) is 4.21. The average Bonchev–Trinajstić information content (AvgIpc) is 2.38. The maximum Gasteiger partial charge on any atom is 0.416 e.